The molecule has 22 heavy (non-hydrogen) atoms. The number of rotatable bonds is 7. The molecule has 2 aromatic rings. The van der Waals surface area contributed by atoms with E-state index in [1.165, 1.54) is 20.3 Å². The zero-order valence-electron chi connectivity index (χ0n) is 12.2. The molecule has 7 heteroatoms. The molecule has 0 atom stereocenters. The molecule has 1 N–H and O–H groups in total. The number of nitrogens with one attached hydrogen (secondary N) is 1. The van der Waals surface area contributed by atoms with Gasteiger partial charge in [-0.15, -0.1) is 0 Å². The van der Waals surface area contributed by atoms with Crippen LogP contribution in [-0.2, 0) is 6.54 Å². The molecule has 1 aromatic carbocycles. The predicted molar refractivity (Wildman–Crippen MR) is 77.7 cm³/mol. The van der Waals surface area contributed by atoms with Crippen LogP contribution in [0.4, 0.5) is 14.5 Å². The number of aromatic nitrogens is 1. The Morgan fingerprint density at radius 1 is 1.09 bits per heavy atom. The van der Waals surface area contributed by atoms with Gasteiger partial charge in [0.15, 0.2) is 11.5 Å². The molecular formula is C15H16F2N2O3. The Kier molecular flexibility index (Phi) is 5.35. The molecule has 0 spiro atoms. The predicted octanol–water partition coefficient (Wildman–Crippen LogP) is 3.31. The van der Waals surface area contributed by atoms with Crippen LogP contribution in [0, 0.1) is 0 Å². The van der Waals surface area contributed by atoms with Crippen LogP contribution in [0.5, 0.6) is 17.4 Å². The Labute approximate surface area is 126 Å². The lowest BCUT2D eigenvalue weighted by molar-refractivity contribution is -0.0512. The van der Waals surface area contributed by atoms with E-state index < -0.39 is 6.61 Å². The molecule has 0 saturated heterocycles. The van der Waals surface area contributed by atoms with Crippen molar-refractivity contribution in [3.8, 4) is 17.4 Å². The smallest absolute Gasteiger partial charge is 0.387 e. The van der Waals surface area contributed by atoms with Crippen molar-refractivity contribution in [3.63, 3.8) is 0 Å². The van der Waals surface area contributed by atoms with Gasteiger partial charge in [0.1, 0.15) is 0 Å². The summed E-state index contributed by atoms with van der Waals surface area (Å²) in [7, 11) is 2.94. The molecule has 0 bridgehead atoms. The first-order valence-electron chi connectivity index (χ1n) is 6.48. The molecule has 118 valence electrons. The molecular weight excluding hydrogens is 294 g/mol. The fourth-order valence-corrected chi connectivity index (χ4v) is 1.83. The number of anilines is 1. The number of methoxy groups -OCH3 is 2. The van der Waals surface area contributed by atoms with Crippen molar-refractivity contribution in [2.24, 2.45) is 0 Å². The zero-order valence-corrected chi connectivity index (χ0v) is 12.2. The van der Waals surface area contributed by atoms with Gasteiger partial charge in [-0.3, -0.25) is 0 Å². The number of ether oxygens (including phenoxy) is 3. The van der Waals surface area contributed by atoms with Gasteiger partial charge >= 0.3 is 6.61 Å². The molecule has 0 fully saturated rings. The molecule has 5 nitrogen and oxygen atoms in total. The summed E-state index contributed by atoms with van der Waals surface area (Å²) in [5, 5.41) is 3.13. The molecule has 0 aliphatic heterocycles. The first-order chi connectivity index (χ1) is 10.6. The molecule has 2 rings (SSSR count). The van der Waals surface area contributed by atoms with Crippen LogP contribution in [0.25, 0.3) is 0 Å². The van der Waals surface area contributed by atoms with Crippen LogP contribution in [0.2, 0.25) is 0 Å². The highest BCUT2D eigenvalue weighted by molar-refractivity contribution is 5.46. The van der Waals surface area contributed by atoms with E-state index in [1.807, 2.05) is 6.07 Å². The Bertz CT molecular complexity index is 606. The first kappa shape index (κ1) is 15.8. The quantitative estimate of drug-likeness (QED) is 0.850. The van der Waals surface area contributed by atoms with E-state index in [0.29, 0.717) is 12.4 Å². The minimum absolute atomic E-state index is 0.00431. The van der Waals surface area contributed by atoms with Crippen LogP contribution in [0.15, 0.2) is 36.5 Å². The molecule has 1 heterocycles. The SMILES string of the molecule is COc1ccc(NCc2ccc(OC)c(OC(F)F)c2)cn1. The number of hydrogen-bond acceptors (Lipinski definition) is 5. The van der Waals surface area contributed by atoms with E-state index in [-0.39, 0.29) is 11.5 Å². The molecule has 1 aromatic heterocycles. The maximum atomic E-state index is 12.4. The third kappa shape index (κ3) is 4.21. The fraction of sp³-hybridized carbons (Fsp3) is 0.267. The second-order valence-corrected chi connectivity index (χ2v) is 4.31. The number of nitrogens with zero attached hydrogens (tertiary/aromatic N) is 1. The minimum atomic E-state index is -2.90. The largest absolute Gasteiger partial charge is 0.493 e. The van der Waals surface area contributed by atoms with Crippen LogP contribution < -0.4 is 19.5 Å². The third-order valence-electron chi connectivity index (χ3n) is 2.89. The molecule has 0 aliphatic carbocycles. The summed E-state index contributed by atoms with van der Waals surface area (Å²) in [5.41, 5.74) is 1.56. The van der Waals surface area contributed by atoms with Crippen molar-refractivity contribution in [2.75, 3.05) is 19.5 Å². The lowest BCUT2D eigenvalue weighted by Gasteiger charge is -2.12. The van der Waals surface area contributed by atoms with Crippen molar-refractivity contribution in [1.29, 1.82) is 0 Å². The molecule has 0 radical (unpaired) electrons. The summed E-state index contributed by atoms with van der Waals surface area (Å²) < 4.78 is 39.2. The summed E-state index contributed by atoms with van der Waals surface area (Å²) in [6.45, 7) is -2.47. The van der Waals surface area contributed by atoms with Gasteiger partial charge < -0.3 is 19.5 Å². The van der Waals surface area contributed by atoms with Gasteiger partial charge in [0.2, 0.25) is 5.88 Å². The summed E-state index contributed by atoms with van der Waals surface area (Å²) >= 11 is 0. The normalized spacial score (nSPS) is 10.4. The number of halogens is 2. The minimum Gasteiger partial charge on any atom is -0.493 e. The molecule has 0 aliphatic rings. The summed E-state index contributed by atoms with van der Waals surface area (Å²) in [6, 6.07) is 8.39. The highest BCUT2D eigenvalue weighted by Crippen LogP contribution is 2.29. The Morgan fingerprint density at radius 2 is 1.91 bits per heavy atom. The van der Waals surface area contributed by atoms with Gasteiger partial charge in [0.25, 0.3) is 0 Å². The van der Waals surface area contributed by atoms with Crippen molar-refractivity contribution in [2.45, 2.75) is 13.2 Å². The van der Waals surface area contributed by atoms with E-state index in [0.717, 1.165) is 11.3 Å². The van der Waals surface area contributed by atoms with Gasteiger partial charge in [0, 0.05) is 12.6 Å². The van der Waals surface area contributed by atoms with Crippen molar-refractivity contribution >= 4 is 5.69 Å². The first-order valence-corrected chi connectivity index (χ1v) is 6.48. The average Bonchev–Trinajstić information content (AvgIpc) is 2.53. The molecule has 0 amide bonds. The maximum Gasteiger partial charge on any atom is 0.387 e. The van der Waals surface area contributed by atoms with Crippen LogP contribution >= 0.6 is 0 Å². The van der Waals surface area contributed by atoms with Crippen LogP contribution in [0.3, 0.4) is 0 Å². The highest BCUT2D eigenvalue weighted by atomic mass is 19.3. The Morgan fingerprint density at radius 3 is 2.50 bits per heavy atom. The topological polar surface area (TPSA) is 52.6 Å². The maximum absolute atomic E-state index is 12.4. The van der Waals surface area contributed by atoms with E-state index >= 15 is 0 Å². The van der Waals surface area contributed by atoms with Gasteiger partial charge in [-0.25, -0.2) is 4.98 Å². The van der Waals surface area contributed by atoms with Gasteiger partial charge in [-0.1, -0.05) is 6.07 Å². The Balaban J connectivity index is 2.05. The zero-order chi connectivity index (χ0) is 15.9. The van der Waals surface area contributed by atoms with Crippen LogP contribution in [-0.4, -0.2) is 25.8 Å². The van der Waals surface area contributed by atoms with Gasteiger partial charge in [0.05, 0.1) is 26.1 Å². The van der Waals surface area contributed by atoms with Gasteiger partial charge in [-0.2, -0.15) is 8.78 Å². The summed E-state index contributed by atoms with van der Waals surface area (Å²) in [6.07, 6.45) is 1.62. The highest BCUT2D eigenvalue weighted by Gasteiger charge is 2.11. The standard InChI is InChI=1S/C15H16F2N2O3/c1-20-12-5-3-10(7-13(12)22-15(16)17)8-18-11-4-6-14(21-2)19-9-11/h3-7,9,15,18H,8H2,1-2H3. The van der Waals surface area contributed by atoms with Gasteiger partial charge in [-0.05, 0) is 23.8 Å². The summed E-state index contributed by atoms with van der Waals surface area (Å²) in [5.74, 6) is 0.780. The van der Waals surface area contributed by atoms with Crippen LogP contribution in [0.1, 0.15) is 5.56 Å². The van der Waals surface area contributed by atoms with E-state index in [2.05, 4.69) is 15.0 Å². The average molecular weight is 310 g/mol. The lowest BCUT2D eigenvalue weighted by atomic mass is 10.2. The third-order valence-corrected chi connectivity index (χ3v) is 2.89. The lowest BCUT2D eigenvalue weighted by Crippen LogP contribution is -2.05. The Hall–Kier alpha value is -2.57. The summed E-state index contributed by atoms with van der Waals surface area (Å²) in [4.78, 5) is 4.07. The number of pyridine rings is 1. The van der Waals surface area contributed by atoms with Crippen molar-refractivity contribution in [1.82, 2.24) is 4.98 Å². The second kappa shape index (κ2) is 7.44. The van der Waals surface area contributed by atoms with Crippen molar-refractivity contribution in [3.05, 3.63) is 42.1 Å². The van der Waals surface area contributed by atoms with Crippen molar-refractivity contribution < 1.29 is 23.0 Å². The monoisotopic (exact) mass is 310 g/mol. The molecule has 0 saturated carbocycles. The van der Waals surface area contributed by atoms with E-state index in [1.54, 1.807) is 24.4 Å². The fourth-order valence-electron chi connectivity index (χ4n) is 1.83. The number of hydrogen-bond donors (Lipinski definition) is 1. The van der Waals surface area contributed by atoms with E-state index in [9.17, 15) is 8.78 Å². The number of benzene rings is 1. The molecule has 0 unspecified atom stereocenters. The number of alkyl halides is 2. The van der Waals surface area contributed by atoms with E-state index in [4.69, 9.17) is 9.47 Å². The second-order valence-electron chi connectivity index (χ2n) is 4.31.